The van der Waals surface area contributed by atoms with Crippen molar-refractivity contribution in [2.45, 2.75) is 26.1 Å². The van der Waals surface area contributed by atoms with E-state index in [1.807, 2.05) is 49.4 Å². The van der Waals surface area contributed by atoms with E-state index in [-0.39, 0.29) is 6.10 Å². The maximum absolute atomic E-state index is 6.14. The second-order valence-corrected chi connectivity index (χ2v) is 5.33. The van der Waals surface area contributed by atoms with Crippen LogP contribution in [-0.2, 0) is 17.8 Å². The number of aromatic nitrogens is 1. The van der Waals surface area contributed by atoms with Crippen LogP contribution in [0.5, 0.6) is 0 Å². The molecule has 0 amide bonds. The van der Waals surface area contributed by atoms with Gasteiger partial charge in [-0.2, -0.15) is 0 Å². The van der Waals surface area contributed by atoms with Gasteiger partial charge in [-0.05, 0) is 18.1 Å². The number of aryl methyl sites for hydroxylation is 1. The smallest absolute Gasteiger partial charge is 0.139 e. The van der Waals surface area contributed by atoms with Gasteiger partial charge < -0.3 is 9.26 Å². The summed E-state index contributed by atoms with van der Waals surface area (Å²) >= 11 is 0. The normalized spacial score (nSPS) is 12.2. The Morgan fingerprint density at radius 3 is 2.32 bits per heavy atom. The number of ether oxygens (including phenoxy) is 1. The quantitative estimate of drug-likeness (QED) is 0.672. The first-order valence-electron chi connectivity index (χ1n) is 7.44. The Bertz CT molecular complexity index is 692. The number of rotatable bonds is 6. The van der Waals surface area contributed by atoms with Crippen LogP contribution in [0.25, 0.3) is 0 Å². The van der Waals surface area contributed by atoms with Crippen molar-refractivity contribution in [3.63, 3.8) is 0 Å². The van der Waals surface area contributed by atoms with Crippen LogP contribution in [0.2, 0.25) is 0 Å². The summed E-state index contributed by atoms with van der Waals surface area (Å²) in [5.74, 6) is 0.847. The lowest BCUT2D eigenvalue weighted by atomic mass is 10.0. The van der Waals surface area contributed by atoms with Crippen LogP contribution in [0.4, 0.5) is 0 Å². The Morgan fingerprint density at radius 2 is 1.68 bits per heavy atom. The standard InChI is InChI=1S/C19H19NO2/c1-15-12-18(22-20-15)13-19(17-10-6-3-7-11-17)21-14-16-8-4-2-5-9-16/h2-12,19H,13-14H2,1H3. The SMILES string of the molecule is Cc1cc(CC(OCc2ccccc2)c2ccccc2)on1. The van der Waals surface area contributed by atoms with E-state index in [2.05, 4.69) is 29.4 Å². The first kappa shape index (κ1) is 14.5. The van der Waals surface area contributed by atoms with Crippen LogP contribution >= 0.6 is 0 Å². The second kappa shape index (κ2) is 7.05. The van der Waals surface area contributed by atoms with E-state index in [0.29, 0.717) is 13.0 Å². The first-order valence-corrected chi connectivity index (χ1v) is 7.44. The van der Waals surface area contributed by atoms with Crippen molar-refractivity contribution in [2.24, 2.45) is 0 Å². The summed E-state index contributed by atoms with van der Waals surface area (Å²) in [5, 5.41) is 3.95. The molecule has 0 bridgehead atoms. The fourth-order valence-electron chi connectivity index (χ4n) is 2.41. The molecule has 0 spiro atoms. The van der Waals surface area contributed by atoms with Crippen molar-refractivity contribution in [3.05, 3.63) is 89.3 Å². The molecule has 112 valence electrons. The predicted molar refractivity (Wildman–Crippen MR) is 85.4 cm³/mol. The average molecular weight is 293 g/mol. The lowest BCUT2D eigenvalue weighted by Gasteiger charge is -2.17. The fourth-order valence-corrected chi connectivity index (χ4v) is 2.41. The van der Waals surface area contributed by atoms with Gasteiger partial charge in [0.1, 0.15) is 5.76 Å². The van der Waals surface area contributed by atoms with Crippen molar-refractivity contribution in [1.29, 1.82) is 0 Å². The molecular weight excluding hydrogens is 274 g/mol. The highest BCUT2D eigenvalue weighted by Gasteiger charge is 2.15. The number of nitrogens with zero attached hydrogens (tertiary/aromatic N) is 1. The van der Waals surface area contributed by atoms with Gasteiger partial charge in [-0.15, -0.1) is 0 Å². The van der Waals surface area contributed by atoms with Gasteiger partial charge in [-0.1, -0.05) is 65.8 Å². The van der Waals surface area contributed by atoms with Crippen LogP contribution in [0.1, 0.15) is 28.7 Å². The van der Waals surface area contributed by atoms with Crippen LogP contribution in [0, 0.1) is 6.92 Å². The van der Waals surface area contributed by atoms with Crippen molar-refractivity contribution in [3.8, 4) is 0 Å². The molecule has 22 heavy (non-hydrogen) atoms. The summed E-state index contributed by atoms with van der Waals surface area (Å²) in [7, 11) is 0. The minimum atomic E-state index is -0.0474. The molecule has 1 unspecified atom stereocenters. The molecule has 0 saturated carbocycles. The molecule has 0 radical (unpaired) electrons. The molecule has 3 nitrogen and oxygen atoms in total. The summed E-state index contributed by atoms with van der Waals surface area (Å²) in [6.07, 6.45) is 0.631. The van der Waals surface area contributed by atoms with E-state index < -0.39 is 0 Å². The highest BCUT2D eigenvalue weighted by atomic mass is 16.5. The Labute approximate surface area is 130 Å². The maximum atomic E-state index is 6.14. The lowest BCUT2D eigenvalue weighted by Crippen LogP contribution is -2.07. The molecule has 3 aromatic rings. The van der Waals surface area contributed by atoms with Gasteiger partial charge in [0.25, 0.3) is 0 Å². The monoisotopic (exact) mass is 293 g/mol. The largest absolute Gasteiger partial charge is 0.368 e. The second-order valence-electron chi connectivity index (χ2n) is 5.33. The molecule has 3 rings (SSSR count). The predicted octanol–water partition coefficient (Wildman–Crippen LogP) is 4.48. The van der Waals surface area contributed by atoms with E-state index in [4.69, 9.17) is 9.26 Å². The molecule has 0 fully saturated rings. The van der Waals surface area contributed by atoms with Gasteiger partial charge in [0.2, 0.25) is 0 Å². The van der Waals surface area contributed by atoms with E-state index in [1.54, 1.807) is 0 Å². The third-order valence-electron chi connectivity index (χ3n) is 3.53. The van der Waals surface area contributed by atoms with Crippen LogP contribution < -0.4 is 0 Å². The third-order valence-corrected chi connectivity index (χ3v) is 3.53. The molecule has 0 saturated heterocycles. The molecule has 0 aliphatic rings. The molecule has 1 heterocycles. The van der Waals surface area contributed by atoms with Crippen molar-refractivity contribution >= 4 is 0 Å². The average Bonchev–Trinajstić information content (AvgIpc) is 2.98. The van der Waals surface area contributed by atoms with Gasteiger partial charge in [-0.25, -0.2) is 0 Å². The van der Waals surface area contributed by atoms with Gasteiger partial charge in [0, 0.05) is 12.5 Å². The molecular formula is C19H19NO2. The van der Waals surface area contributed by atoms with Crippen molar-refractivity contribution in [1.82, 2.24) is 5.16 Å². The molecule has 1 aromatic heterocycles. The zero-order valence-electron chi connectivity index (χ0n) is 12.6. The summed E-state index contributed by atoms with van der Waals surface area (Å²) in [6, 6.07) is 22.4. The topological polar surface area (TPSA) is 35.3 Å². The highest BCUT2D eigenvalue weighted by Crippen LogP contribution is 2.24. The molecule has 1 atom stereocenters. The van der Waals surface area contributed by atoms with E-state index in [9.17, 15) is 0 Å². The minimum Gasteiger partial charge on any atom is -0.368 e. The summed E-state index contributed by atoms with van der Waals surface area (Å²) in [6.45, 7) is 2.50. The first-order chi connectivity index (χ1) is 10.8. The molecule has 3 heteroatoms. The zero-order chi connectivity index (χ0) is 15.2. The van der Waals surface area contributed by atoms with Crippen molar-refractivity contribution < 1.29 is 9.26 Å². The third kappa shape index (κ3) is 3.83. The summed E-state index contributed by atoms with van der Waals surface area (Å²) in [4.78, 5) is 0. The highest BCUT2D eigenvalue weighted by molar-refractivity contribution is 5.20. The molecule has 0 aliphatic carbocycles. The number of hydrogen-bond donors (Lipinski definition) is 0. The Kier molecular flexibility index (Phi) is 4.66. The fraction of sp³-hybridized carbons (Fsp3) is 0.211. The Hall–Kier alpha value is -2.39. The van der Waals surface area contributed by atoms with Gasteiger partial charge >= 0.3 is 0 Å². The number of benzene rings is 2. The molecule has 2 aromatic carbocycles. The van der Waals surface area contributed by atoms with Crippen LogP contribution in [0.3, 0.4) is 0 Å². The van der Waals surface area contributed by atoms with Crippen molar-refractivity contribution in [2.75, 3.05) is 0 Å². The Morgan fingerprint density at radius 1 is 1.00 bits per heavy atom. The molecule has 0 aliphatic heterocycles. The van der Waals surface area contributed by atoms with Gasteiger partial charge in [-0.3, -0.25) is 0 Å². The number of hydrogen-bond acceptors (Lipinski definition) is 3. The van der Waals surface area contributed by atoms with E-state index in [1.165, 1.54) is 0 Å². The van der Waals surface area contributed by atoms with Crippen LogP contribution in [-0.4, -0.2) is 5.16 Å². The lowest BCUT2D eigenvalue weighted by molar-refractivity contribution is 0.0357. The van der Waals surface area contributed by atoms with Gasteiger partial charge in [0.15, 0.2) is 0 Å². The summed E-state index contributed by atoms with van der Waals surface area (Å²) in [5.41, 5.74) is 3.20. The summed E-state index contributed by atoms with van der Waals surface area (Å²) < 4.78 is 11.5. The van der Waals surface area contributed by atoms with Gasteiger partial charge in [0.05, 0.1) is 18.4 Å². The zero-order valence-corrected chi connectivity index (χ0v) is 12.6. The van der Waals surface area contributed by atoms with E-state index in [0.717, 1.165) is 22.6 Å². The van der Waals surface area contributed by atoms with E-state index >= 15 is 0 Å². The maximum Gasteiger partial charge on any atom is 0.139 e. The minimum absolute atomic E-state index is 0.0474. The Balaban J connectivity index is 1.74. The molecule has 0 N–H and O–H groups in total. The van der Waals surface area contributed by atoms with Crippen LogP contribution in [0.15, 0.2) is 71.3 Å².